The Morgan fingerprint density at radius 3 is 2.67 bits per heavy atom. The molecule has 0 unspecified atom stereocenters. The predicted octanol–water partition coefficient (Wildman–Crippen LogP) is 4.08. The van der Waals surface area contributed by atoms with E-state index in [1.807, 2.05) is 42.5 Å². The van der Waals surface area contributed by atoms with Crippen molar-refractivity contribution in [1.82, 2.24) is 4.98 Å². The smallest absolute Gasteiger partial charge is 0.339 e. The quantitative estimate of drug-likeness (QED) is 0.677. The number of benzene rings is 2. The number of aromatic nitrogens is 1. The van der Waals surface area contributed by atoms with E-state index in [2.05, 4.69) is 17.1 Å². The first-order chi connectivity index (χ1) is 10.3. The van der Waals surface area contributed by atoms with Crippen LogP contribution < -0.4 is 0 Å². The number of pyridine rings is 1. The molecule has 0 aliphatic heterocycles. The van der Waals surface area contributed by atoms with Crippen LogP contribution in [0.1, 0.15) is 17.3 Å². The van der Waals surface area contributed by atoms with Crippen molar-refractivity contribution in [3.8, 4) is 11.1 Å². The third-order valence-electron chi connectivity index (χ3n) is 3.31. The summed E-state index contributed by atoms with van der Waals surface area (Å²) in [6, 6.07) is 17.9. The highest BCUT2D eigenvalue weighted by atomic mass is 16.5. The average Bonchev–Trinajstić information content (AvgIpc) is 2.55. The largest absolute Gasteiger partial charge is 0.462 e. The second-order valence-corrected chi connectivity index (χ2v) is 4.69. The molecule has 104 valence electrons. The van der Waals surface area contributed by atoms with Crippen molar-refractivity contribution >= 4 is 16.9 Å². The first kappa shape index (κ1) is 13.3. The minimum Gasteiger partial charge on any atom is -0.462 e. The Balaban J connectivity index is 2.11. The van der Waals surface area contributed by atoms with E-state index in [9.17, 15) is 4.79 Å². The molecule has 3 rings (SSSR count). The number of rotatable bonds is 3. The van der Waals surface area contributed by atoms with E-state index < -0.39 is 0 Å². The molecule has 3 heteroatoms. The molecule has 1 heterocycles. The highest BCUT2D eigenvalue weighted by Gasteiger charge is 2.10. The van der Waals surface area contributed by atoms with Crippen LogP contribution in [0.2, 0.25) is 0 Å². The molecular formula is C18H15NO2. The molecule has 0 saturated heterocycles. The lowest BCUT2D eigenvalue weighted by atomic mass is 10.0. The van der Waals surface area contributed by atoms with Gasteiger partial charge in [0.1, 0.15) is 0 Å². The minimum absolute atomic E-state index is 0.336. The zero-order chi connectivity index (χ0) is 14.7. The van der Waals surface area contributed by atoms with Crippen LogP contribution in [0.3, 0.4) is 0 Å². The van der Waals surface area contributed by atoms with Gasteiger partial charge in [-0.3, -0.25) is 4.98 Å². The van der Waals surface area contributed by atoms with Crippen LogP contribution in [0.4, 0.5) is 0 Å². The normalized spacial score (nSPS) is 10.5. The molecule has 0 amide bonds. The summed E-state index contributed by atoms with van der Waals surface area (Å²) in [5.41, 5.74) is 3.54. The Morgan fingerprint density at radius 1 is 1.10 bits per heavy atom. The van der Waals surface area contributed by atoms with Crippen LogP contribution in [0.15, 0.2) is 60.8 Å². The minimum atomic E-state index is -0.336. The van der Waals surface area contributed by atoms with Crippen molar-refractivity contribution in [3.05, 3.63) is 66.4 Å². The fourth-order valence-corrected chi connectivity index (χ4v) is 2.34. The lowest BCUT2D eigenvalue weighted by molar-refractivity contribution is 0.0526. The fourth-order valence-electron chi connectivity index (χ4n) is 2.34. The molecule has 0 aliphatic carbocycles. The maximum atomic E-state index is 11.8. The molecule has 2 aromatic carbocycles. The standard InChI is InChI=1S/C18H15NO2/c1-2-21-18(20)15-11-14-9-6-10-16(17(14)19-12-15)13-7-4-3-5-8-13/h3-12H,2H2,1H3. The van der Waals surface area contributed by atoms with Crippen LogP contribution in [0, 0.1) is 0 Å². The second-order valence-electron chi connectivity index (χ2n) is 4.69. The van der Waals surface area contributed by atoms with Crippen molar-refractivity contribution in [3.63, 3.8) is 0 Å². The molecule has 0 spiro atoms. The summed E-state index contributed by atoms with van der Waals surface area (Å²) in [4.78, 5) is 16.2. The second kappa shape index (κ2) is 5.75. The molecule has 1 aromatic heterocycles. The van der Waals surface area contributed by atoms with Crippen molar-refractivity contribution in [2.45, 2.75) is 6.92 Å². The zero-order valence-corrected chi connectivity index (χ0v) is 11.7. The van der Waals surface area contributed by atoms with E-state index in [0.717, 1.165) is 22.0 Å². The number of para-hydroxylation sites is 1. The number of carbonyl (C=O) groups is 1. The lowest BCUT2D eigenvalue weighted by Crippen LogP contribution is -2.05. The van der Waals surface area contributed by atoms with Crippen molar-refractivity contribution in [2.75, 3.05) is 6.61 Å². The summed E-state index contributed by atoms with van der Waals surface area (Å²) in [5, 5.41) is 0.932. The van der Waals surface area contributed by atoms with E-state index in [0.29, 0.717) is 12.2 Å². The molecule has 21 heavy (non-hydrogen) atoms. The van der Waals surface area contributed by atoms with Gasteiger partial charge in [-0.2, -0.15) is 0 Å². The highest BCUT2D eigenvalue weighted by molar-refractivity contribution is 5.98. The van der Waals surface area contributed by atoms with Crippen molar-refractivity contribution in [1.29, 1.82) is 0 Å². The van der Waals surface area contributed by atoms with Gasteiger partial charge in [0.15, 0.2) is 0 Å². The first-order valence-corrected chi connectivity index (χ1v) is 6.91. The number of hydrogen-bond acceptors (Lipinski definition) is 3. The number of nitrogens with zero attached hydrogens (tertiary/aromatic N) is 1. The average molecular weight is 277 g/mol. The molecule has 0 bridgehead atoms. The van der Waals surface area contributed by atoms with E-state index >= 15 is 0 Å². The Labute approximate surface area is 123 Å². The molecule has 3 aromatic rings. The third-order valence-corrected chi connectivity index (χ3v) is 3.31. The van der Waals surface area contributed by atoms with E-state index in [4.69, 9.17) is 4.74 Å². The van der Waals surface area contributed by atoms with Crippen LogP contribution in [0.25, 0.3) is 22.0 Å². The van der Waals surface area contributed by atoms with Gasteiger partial charge in [-0.15, -0.1) is 0 Å². The van der Waals surface area contributed by atoms with Crippen LogP contribution in [-0.4, -0.2) is 17.6 Å². The molecule has 0 aliphatic rings. The van der Waals surface area contributed by atoms with Gasteiger partial charge in [-0.1, -0.05) is 48.5 Å². The summed E-state index contributed by atoms with van der Waals surface area (Å²) in [5.74, 6) is -0.336. The summed E-state index contributed by atoms with van der Waals surface area (Å²) in [7, 11) is 0. The summed E-state index contributed by atoms with van der Waals surface area (Å²) in [6.45, 7) is 2.15. The molecule has 0 saturated carbocycles. The number of ether oxygens (including phenoxy) is 1. The highest BCUT2D eigenvalue weighted by Crippen LogP contribution is 2.27. The Morgan fingerprint density at radius 2 is 1.90 bits per heavy atom. The summed E-state index contributed by atoms with van der Waals surface area (Å²) < 4.78 is 5.01. The van der Waals surface area contributed by atoms with Gasteiger partial charge >= 0.3 is 5.97 Å². The summed E-state index contributed by atoms with van der Waals surface area (Å²) in [6.07, 6.45) is 1.58. The van der Waals surface area contributed by atoms with Crippen molar-refractivity contribution < 1.29 is 9.53 Å². The summed E-state index contributed by atoms with van der Waals surface area (Å²) >= 11 is 0. The lowest BCUT2D eigenvalue weighted by Gasteiger charge is -2.07. The SMILES string of the molecule is CCOC(=O)c1cnc2c(-c3ccccc3)cccc2c1. The van der Waals surface area contributed by atoms with E-state index in [-0.39, 0.29) is 5.97 Å². The van der Waals surface area contributed by atoms with Gasteiger partial charge in [0.2, 0.25) is 0 Å². The molecule has 0 radical (unpaired) electrons. The number of hydrogen-bond donors (Lipinski definition) is 0. The fraction of sp³-hybridized carbons (Fsp3) is 0.111. The topological polar surface area (TPSA) is 39.2 Å². The zero-order valence-electron chi connectivity index (χ0n) is 11.7. The maximum Gasteiger partial charge on any atom is 0.339 e. The van der Waals surface area contributed by atoms with Crippen molar-refractivity contribution in [2.24, 2.45) is 0 Å². The predicted molar refractivity (Wildman–Crippen MR) is 83.1 cm³/mol. The molecule has 0 atom stereocenters. The molecular weight excluding hydrogens is 262 g/mol. The van der Waals surface area contributed by atoms with Crippen LogP contribution in [0.5, 0.6) is 0 Å². The van der Waals surface area contributed by atoms with Gasteiger partial charge in [0.25, 0.3) is 0 Å². The number of esters is 1. The van der Waals surface area contributed by atoms with Gasteiger partial charge < -0.3 is 4.74 Å². The Bertz CT molecular complexity index is 782. The Hall–Kier alpha value is -2.68. The molecule has 0 fully saturated rings. The molecule has 3 nitrogen and oxygen atoms in total. The van der Waals surface area contributed by atoms with Gasteiger partial charge in [-0.05, 0) is 18.6 Å². The van der Waals surface area contributed by atoms with Gasteiger partial charge in [0.05, 0.1) is 17.7 Å². The van der Waals surface area contributed by atoms with Crippen LogP contribution in [-0.2, 0) is 4.74 Å². The monoisotopic (exact) mass is 277 g/mol. The number of fused-ring (bicyclic) bond motifs is 1. The van der Waals surface area contributed by atoms with Crippen LogP contribution >= 0.6 is 0 Å². The molecule has 0 N–H and O–H groups in total. The maximum absolute atomic E-state index is 11.8. The third kappa shape index (κ3) is 2.63. The first-order valence-electron chi connectivity index (χ1n) is 6.91. The van der Waals surface area contributed by atoms with E-state index in [1.165, 1.54) is 0 Å². The van der Waals surface area contributed by atoms with Gasteiger partial charge in [-0.25, -0.2) is 4.79 Å². The van der Waals surface area contributed by atoms with Gasteiger partial charge in [0, 0.05) is 17.1 Å². The Kier molecular flexibility index (Phi) is 3.65. The van der Waals surface area contributed by atoms with E-state index in [1.54, 1.807) is 13.1 Å². The number of carbonyl (C=O) groups excluding carboxylic acids is 1.